The van der Waals surface area contributed by atoms with E-state index < -0.39 is 0 Å². The monoisotopic (exact) mass is 918 g/mol. The average Bonchev–Trinajstić information content (AvgIpc) is 3.41. The number of hydrogen-bond acceptors (Lipinski definition) is 14. The maximum Gasteiger partial charge on any atom is 0.163 e. The normalized spacial score (nSPS) is 13.7. The zero-order valence-electron chi connectivity index (χ0n) is 37.8. The first kappa shape index (κ1) is 46.7. The number of rotatable bonds is 13. The Morgan fingerprint density at radius 2 is 1.04 bits per heavy atom. The molecule has 0 amide bonds. The van der Waals surface area contributed by atoms with Crippen molar-refractivity contribution in [3.8, 4) is 56.5 Å². The second kappa shape index (κ2) is 24.1. The van der Waals surface area contributed by atoms with Crippen LogP contribution in [0.1, 0.15) is 0 Å². The zero-order chi connectivity index (χ0) is 46.0. The van der Waals surface area contributed by atoms with Crippen molar-refractivity contribution < 1.29 is 18.9 Å². The third kappa shape index (κ3) is 12.8. The van der Waals surface area contributed by atoms with Crippen molar-refractivity contribution in [1.82, 2.24) is 40.1 Å². The number of benzene rings is 4. The molecule has 0 spiro atoms. The molecule has 0 saturated carbocycles. The highest BCUT2D eigenvalue weighted by Gasteiger charge is 2.13. The van der Waals surface area contributed by atoms with Gasteiger partial charge >= 0.3 is 0 Å². The Morgan fingerprint density at radius 1 is 0.567 bits per heavy atom. The second-order valence-electron chi connectivity index (χ2n) is 15.5. The van der Waals surface area contributed by atoms with Gasteiger partial charge in [0.2, 0.25) is 0 Å². The highest BCUT2D eigenvalue weighted by Crippen LogP contribution is 2.32. The zero-order valence-corrected chi connectivity index (χ0v) is 38.6. The van der Waals surface area contributed by atoms with Gasteiger partial charge in [-0.05, 0) is 95.1 Å². The third-order valence-electron chi connectivity index (χ3n) is 11.1. The lowest BCUT2D eigenvalue weighted by molar-refractivity contribution is 0.0322. The van der Waals surface area contributed by atoms with Crippen LogP contribution in [0.2, 0.25) is 0 Å². The summed E-state index contributed by atoms with van der Waals surface area (Å²) in [6.07, 6.45) is 7.03. The molecule has 344 valence electrons. The van der Waals surface area contributed by atoms with E-state index in [4.69, 9.17) is 45.5 Å². The van der Waals surface area contributed by atoms with Gasteiger partial charge in [-0.3, -0.25) is 14.9 Å². The Bertz CT molecular complexity index is 2770. The third-order valence-corrected chi connectivity index (χ3v) is 11.2. The van der Waals surface area contributed by atoms with Crippen LogP contribution in [-0.4, -0.2) is 127 Å². The maximum absolute atomic E-state index is 5.94. The van der Waals surface area contributed by atoms with E-state index in [0.29, 0.717) is 30.7 Å². The average molecular weight is 920 g/mol. The van der Waals surface area contributed by atoms with Crippen molar-refractivity contribution in [2.24, 2.45) is 0 Å². The molecule has 10 rings (SSSR count). The topological polar surface area (TPSA) is 154 Å². The standard InChI is InChI=1S/C26H27N5O2.C22H19ClN4O.C4H9NO/c1-27-26-23-17-20(6-9-24(23)29-25(30-26)21-3-2-10-28-18-21)19-4-7-22(8-5-19)33-16-13-31-11-14-32-15-12-31;1-24-22-19-13-16(15-4-7-18(8-5-15)28-12-10-23)6-9-20(19)26-21(27-22)17-3-2-11-25-14-17;1-3-6-4-2-5-1/h2-10,17-18H,11-16H2,1H3,(H,27,29,30);2-9,11,13-14H,10,12H2,1H3,(H,24,26,27);5H,1-4H2. The van der Waals surface area contributed by atoms with Gasteiger partial charge in [-0.15, -0.1) is 11.6 Å². The molecule has 0 bridgehead atoms. The van der Waals surface area contributed by atoms with E-state index in [-0.39, 0.29) is 0 Å². The number of aromatic nitrogens is 6. The molecule has 6 heterocycles. The summed E-state index contributed by atoms with van der Waals surface area (Å²) in [5.41, 5.74) is 7.96. The predicted octanol–water partition coefficient (Wildman–Crippen LogP) is 8.74. The number of hydrogen-bond donors (Lipinski definition) is 3. The van der Waals surface area contributed by atoms with Crippen molar-refractivity contribution in [3.63, 3.8) is 0 Å². The van der Waals surface area contributed by atoms with Crippen molar-refractivity contribution in [2.45, 2.75) is 0 Å². The van der Waals surface area contributed by atoms with Gasteiger partial charge in [0.05, 0.1) is 43.3 Å². The van der Waals surface area contributed by atoms with Crippen LogP contribution in [0.4, 0.5) is 11.6 Å². The summed E-state index contributed by atoms with van der Waals surface area (Å²) in [6.45, 7) is 9.51. The van der Waals surface area contributed by atoms with E-state index in [1.807, 2.05) is 86.9 Å². The molecule has 15 heteroatoms. The molecule has 8 aromatic rings. The summed E-state index contributed by atoms with van der Waals surface area (Å²) in [5.74, 6) is 5.06. The van der Waals surface area contributed by atoms with Crippen LogP contribution in [0, 0.1) is 0 Å². The molecule has 0 aliphatic carbocycles. The lowest BCUT2D eigenvalue weighted by Crippen LogP contribution is -2.38. The largest absolute Gasteiger partial charge is 0.492 e. The van der Waals surface area contributed by atoms with Gasteiger partial charge in [0.15, 0.2) is 11.6 Å². The number of nitrogens with one attached hydrogen (secondary N) is 3. The quantitative estimate of drug-likeness (QED) is 0.0945. The smallest absolute Gasteiger partial charge is 0.163 e. The second-order valence-corrected chi connectivity index (χ2v) is 15.9. The molecule has 2 fully saturated rings. The summed E-state index contributed by atoms with van der Waals surface area (Å²) in [6, 6.07) is 36.4. The van der Waals surface area contributed by atoms with E-state index in [1.54, 1.807) is 24.8 Å². The van der Waals surface area contributed by atoms with Gasteiger partial charge in [0.25, 0.3) is 0 Å². The fourth-order valence-corrected chi connectivity index (χ4v) is 7.60. The van der Waals surface area contributed by atoms with E-state index >= 15 is 0 Å². The summed E-state index contributed by atoms with van der Waals surface area (Å²) >= 11 is 5.67. The summed E-state index contributed by atoms with van der Waals surface area (Å²) in [5, 5.41) is 11.5. The van der Waals surface area contributed by atoms with E-state index in [1.165, 1.54) is 0 Å². The summed E-state index contributed by atoms with van der Waals surface area (Å²) < 4.78 is 21.9. The molecule has 4 aromatic carbocycles. The lowest BCUT2D eigenvalue weighted by Gasteiger charge is -2.26. The molecule has 2 aliphatic rings. The van der Waals surface area contributed by atoms with Gasteiger partial charge in [-0.2, -0.15) is 0 Å². The van der Waals surface area contributed by atoms with Crippen LogP contribution in [0.15, 0.2) is 134 Å². The number of halogens is 1. The van der Waals surface area contributed by atoms with Gasteiger partial charge in [-0.25, -0.2) is 19.9 Å². The number of fused-ring (bicyclic) bond motifs is 2. The number of morpholine rings is 2. The van der Waals surface area contributed by atoms with Gasteiger partial charge in [0.1, 0.15) is 36.3 Å². The highest BCUT2D eigenvalue weighted by atomic mass is 35.5. The van der Waals surface area contributed by atoms with E-state index in [9.17, 15) is 0 Å². The molecule has 0 atom stereocenters. The fourth-order valence-electron chi connectivity index (χ4n) is 7.52. The minimum atomic E-state index is 0.472. The summed E-state index contributed by atoms with van der Waals surface area (Å²) in [7, 11) is 3.75. The molecule has 2 aliphatic heterocycles. The Kier molecular flexibility index (Phi) is 16.8. The Morgan fingerprint density at radius 3 is 1.46 bits per heavy atom. The molecule has 14 nitrogen and oxygen atoms in total. The van der Waals surface area contributed by atoms with Crippen molar-refractivity contribution in [1.29, 1.82) is 0 Å². The number of ether oxygens (including phenoxy) is 4. The molecule has 0 unspecified atom stereocenters. The van der Waals surface area contributed by atoms with Crippen molar-refractivity contribution >= 4 is 45.0 Å². The number of pyridine rings is 2. The van der Waals surface area contributed by atoms with Crippen LogP contribution in [0.5, 0.6) is 11.5 Å². The lowest BCUT2D eigenvalue weighted by atomic mass is 10.0. The van der Waals surface area contributed by atoms with Crippen LogP contribution >= 0.6 is 11.6 Å². The first-order valence-corrected chi connectivity index (χ1v) is 23.0. The molecule has 3 N–H and O–H groups in total. The molecule has 0 radical (unpaired) electrons. The number of nitrogens with zero attached hydrogens (tertiary/aromatic N) is 7. The first-order valence-electron chi connectivity index (χ1n) is 22.5. The van der Waals surface area contributed by atoms with Crippen LogP contribution in [-0.2, 0) is 9.47 Å². The fraction of sp³-hybridized carbons (Fsp3) is 0.269. The minimum Gasteiger partial charge on any atom is -0.492 e. The van der Waals surface area contributed by atoms with Crippen LogP contribution < -0.4 is 25.4 Å². The molecule has 4 aromatic heterocycles. The molecule has 2 saturated heterocycles. The summed E-state index contributed by atoms with van der Waals surface area (Å²) in [4.78, 5) is 29.6. The SMILES string of the molecule is C1COCCN1.CNc1nc(-c2cccnc2)nc2ccc(-c3ccc(OCCCl)cc3)cc12.CNc1nc(-c2cccnc2)nc2ccc(-c3ccc(OCCN4CCOCC4)cc3)cc12. The number of alkyl halides is 1. The Balaban J connectivity index is 0.000000163. The minimum absolute atomic E-state index is 0.472. The van der Waals surface area contributed by atoms with Gasteiger partial charge in [-0.1, -0.05) is 36.4 Å². The van der Waals surface area contributed by atoms with Gasteiger partial charge in [0, 0.05) is 93.5 Å². The molecular weight excluding hydrogens is 864 g/mol. The molecular formula is C52H55ClN10O4. The van der Waals surface area contributed by atoms with Crippen LogP contribution in [0.25, 0.3) is 66.8 Å². The maximum atomic E-state index is 5.94. The van der Waals surface area contributed by atoms with Gasteiger partial charge < -0.3 is 34.9 Å². The van der Waals surface area contributed by atoms with E-state index in [2.05, 4.69) is 72.2 Å². The predicted molar refractivity (Wildman–Crippen MR) is 268 cm³/mol. The van der Waals surface area contributed by atoms with Crippen molar-refractivity contribution in [3.05, 3.63) is 134 Å². The van der Waals surface area contributed by atoms with E-state index in [0.717, 1.165) is 137 Å². The highest BCUT2D eigenvalue weighted by molar-refractivity contribution is 6.18. The first-order chi connectivity index (χ1) is 33.1. The number of anilines is 2. The van der Waals surface area contributed by atoms with Crippen LogP contribution in [0.3, 0.4) is 0 Å². The Labute approximate surface area is 396 Å². The van der Waals surface area contributed by atoms with Crippen molar-refractivity contribution in [2.75, 3.05) is 103 Å². The Hall–Kier alpha value is -6.81. The molecule has 67 heavy (non-hydrogen) atoms.